The van der Waals surface area contributed by atoms with Crippen LogP contribution < -0.4 is 16.0 Å². The minimum absolute atomic E-state index is 0. The van der Waals surface area contributed by atoms with Crippen LogP contribution in [0.25, 0.3) is 67.2 Å². The van der Waals surface area contributed by atoms with Crippen molar-refractivity contribution in [1.82, 2.24) is 13.7 Å². The van der Waals surface area contributed by atoms with Gasteiger partial charge in [-0.15, -0.1) is 0 Å². The molecule has 7 atom stereocenters. The summed E-state index contributed by atoms with van der Waals surface area (Å²) in [5, 5.41) is 42.0. The number of rotatable bonds is 29. The van der Waals surface area contributed by atoms with Gasteiger partial charge < -0.3 is 76.1 Å². The van der Waals surface area contributed by atoms with Gasteiger partial charge in [0.05, 0.1) is 77.5 Å². The first-order chi connectivity index (χ1) is 65.6. The molecule has 0 radical (unpaired) electrons. The van der Waals surface area contributed by atoms with E-state index in [1.54, 1.807) is 73.9 Å². The zero-order chi connectivity index (χ0) is 98.4. The smallest absolute Gasteiger partial charge is 0.308 e. The molecule has 2 fully saturated rings. The van der Waals surface area contributed by atoms with E-state index in [1.165, 1.54) is 36.4 Å². The second-order valence-electron chi connectivity index (χ2n) is 36.9. The quantitative estimate of drug-likeness (QED) is 0.0110. The maximum atomic E-state index is 14.5. The monoisotopic (exact) mass is 1980 g/mol. The van der Waals surface area contributed by atoms with Crippen molar-refractivity contribution < 1.29 is 101 Å². The van der Waals surface area contributed by atoms with Gasteiger partial charge in [0.15, 0.2) is 6.29 Å². The molecule has 1 unspecified atom stereocenters. The summed E-state index contributed by atoms with van der Waals surface area (Å²) in [6, 6.07) is 85.0. The summed E-state index contributed by atoms with van der Waals surface area (Å²) in [6.07, 6.45) is -3.66. The number of hydrogen-bond acceptors (Lipinski definition) is 14. The van der Waals surface area contributed by atoms with Gasteiger partial charge in [-0.2, -0.15) is 0 Å². The topological polar surface area (TPSA) is 260 Å². The normalized spacial score (nSPS) is 15.6. The molecule has 3 amide bonds. The number of anilines is 3. The van der Waals surface area contributed by atoms with Crippen LogP contribution in [0.5, 0.6) is 0 Å². The molecule has 2 aliphatic rings. The van der Waals surface area contributed by atoms with Gasteiger partial charge in [0.25, 0.3) is 17.7 Å². The number of hydrogen-bond donors (Lipinski definition) is 6. The molecule has 0 bridgehead atoms. The van der Waals surface area contributed by atoms with Crippen LogP contribution in [0.2, 0.25) is 0 Å². The average Bonchev–Trinajstić information content (AvgIpc) is 1.58. The third-order valence-corrected chi connectivity index (χ3v) is 23.0. The van der Waals surface area contributed by atoms with Crippen molar-refractivity contribution in [3.63, 3.8) is 0 Å². The average molecular weight is 1980 g/mol. The zero-order valence-electron chi connectivity index (χ0n) is 81.6. The predicted molar refractivity (Wildman–Crippen MR) is 540 cm³/mol. The Morgan fingerprint density at radius 3 is 1.11 bits per heavy atom. The molecule has 0 spiro atoms. The molecule has 20 nitrogen and oxygen atoms in total. The van der Waals surface area contributed by atoms with Crippen LogP contribution in [0, 0.1) is 24.9 Å². The van der Waals surface area contributed by atoms with Gasteiger partial charge in [-0.1, -0.05) is 231 Å². The fourth-order valence-electron chi connectivity index (χ4n) is 17.7. The van der Waals surface area contributed by atoms with Crippen LogP contribution in [0.1, 0.15) is 232 Å². The standard InChI is InChI=1S/C44H47FN2O5.C35H39FN2O5.C33H33FN2O4.C2H6.CH3.Pd/c1-29(2)40-39(42(49)46-34-19-13-8-14-20-34)38(30-15-9-6-10-16-30)41(31-21-23-33(45)24-22-31)47(40)26-25-35-27-36(28-37(48)52-44(3,4)5)51-43(50-35)32-17-11-7-12-18-32;1-22(2)32-31(34(42)37-26-14-10-7-11-15-26)30(23-12-8-6-9-13-23)33(24-16-18-25(36)19-17-24)38(32)28(40)20-27(39)21-29(41)43-35(3,4)5;1-21(2)31-30(33(39)35-25-11-7-4-8-12-25)29(22-9-5-3-6-10-22)32(23-13-15-24(34)16-14-23)36(31)18-17-27-19-26(37)20-28(38)40-27;1-2;;/h6-24,29,35-36,43H,25-28H2,1-5H3,(H,46,49);6-19,22,27-28,39-40H,20-21H2,1-5H3,(H,37,42);3-16,21,26-27,37H,17-20H2,1-2H3,(H,35,39);1-2H3;1H3;/q;;;;-1;/t35-,36-,43-;27?,28-;26-,27-;;;/m101.../s1. The van der Waals surface area contributed by atoms with Gasteiger partial charge in [-0.25, -0.2) is 13.2 Å². The minimum Gasteiger partial charge on any atom is -0.462 e. The number of nitrogens with one attached hydrogen (secondary N) is 3. The van der Waals surface area contributed by atoms with E-state index in [0.29, 0.717) is 95.0 Å². The van der Waals surface area contributed by atoms with Gasteiger partial charge in [-0.05, 0) is 208 Å². The van der Waals surface area contributed by atoms with Crippen molar-refractivity contribution in [2.24, 2.45) is 0 Å². The van der Waals surface area contributed by atoms with Gasteiger partial charge in [-0.3, -0.25) is 28.8 Å². The number of aliphatic hydroxyl groups excluding tert-OH is 3. The van der Waals surface area contributed by atoms with Crippen molar-refractivity contribution in [1.29, 1.82) is 0 Å². The molecule has 2 aliphatic heterocycles. The van der Waals surface area contributed by atoms with Gasteiger partial charge in [0.2, 0.25) is 0 Å². The molecule has 3 aromatic heterocycles. The minimum atomic E-state index is -1.34. The van der Waals surface area contributed by atoms with Crippen molar-refractivity contribution in [3.8, 4) is 67.2 Å². The molecule has 139 heavy (non-hydrogen) atoms. The summed E-state index contributed by atoms with van der Waals surface area (Å²) in [6.45, 7) is 27.8. The zero-order valence-corrected chi connectivity index (χ0v) is 83.2. The SMILES string of the molecule is CC.CC(C)c1c(C(=O)Nc2ccccc2)c(-c2ccccc2)c(-c2ccc(F)cc2)n1CC[C@@H]1C[C@@H](O)CC(=O)O1.CC(C)c1c(C(=O)Nc2ccccc2)c(-c2ccccc2)c(-c2ccc(F)cc2)n1CC[C@@H]1C[C@H](CC(=O)OC(C)(C)C)O[C@H](c2ccccc2)O1.CC(C)c1c(C(=O)Nc2ccccc2)c(-c2ccccc2)c(-c2ccc(F)cc2)n1[C@@H](O)CC(O)CC(=O)OC(C)(C)C.[CH3-].[Pd]. The molecule has 24 heteroatoms. The van der Waals surface area contributed by atoms with Crippen molar-refractivity contribution in [2.45, 2.75) is 233 Å². The molecule has 2 saturated heterocycles. The second kappa shape index (κ2) is 50.1. The molecular weight excluding hydrogens is 1850 g/mol. The van der Waals surface area contributed by atoms with E-state index in [4.69, 9.17) is 23.7 Å². The van der Waals surface area contributed by atoms with Crippen LogP contribution in [-0.4, -0.2) is 106 Å². The summed E-state index contributed by atoms with van der Waals surface area (Å²) in [5.74, 6) is -3.64. The van der Waals surface area contributed by atoms with Crippen molar-refractivity contribution >= 4 is 52.7 Å². The summed E-state index contributed by atoms with van der Waals surface area (Å²) >= 11 is 0. The number of halogens is 3. The van der Waals surface area contributed by atoms with Crippen LogP contribution in [0.4, 0.5) is 30.2 Å². The van der Waals surface area contributed by atoms with Crippen LogP contribution >= 0.6 is 0 Å². The fourth-order valence-corrected chi connectivity index (χ4v) is 17.7. The number of cyclic esters (lactones) is 1. The Kier molecular flexibility index (Phi) is 39.0. The van der Waals surface area contributed by atoms with Crippen LogP contribution in [-0.2, 0) is 71.6 Å². The molecule has 734 valence electrons. The van der Waals surface area contributed by atoms with Crippen LogP contribution in [0.3, 0.4) is 0 Å². The van der Waals surface area contributed by atoms with E-state index in [2.05, 4.69) is 38.9 Å². The Hall–Kier alpha value is -12.9. The third kappa shape index (κ3) is 28.7. The number of amides is 3. The molecule has 0 aliphatic carbocycles. The summed E-state index contributed by atoms with van der Waals surface area (Å²) in [5.41, 5.74) is 14.0. The number of nitrogens with zero attached hydrogens (tertiary/aromatic N) is 3. The third-order valence-electron chi connectivity index (χ3n) is 23.0. The number of carbonyl (C=O) groups is 6. The van der Waals surface area contributed by atoms with Crippen LogP contribution in [0.15, 0.2) is 285 Å². The molecule has 13 aromatic rings. The Labute approximate surface area is 828 Å². The number of ether oxygens (including phenoxy) is 5. The van der Waals surface area contributed by atoms with E-state index in [0.717, 1.165) is 67.3 Å². The largest absolute Gasteiger partial charge is 0.462 e. The first-order valence-electron chi connectivity index (χ1n) is 47.0. The fraction of sp³-hybridized carbons (Fsp3) is 0.313. The van der Waals surface area contributed by atoms with E-state index in [1.807, 2.05) is 263 Å². The summed E-state index contributed by atoms with van der Waals surface area (Å²) < 4.78 is 77.9. The first-order valence-corrected chi connectivity index (χ1v) is 47.0. The van der Waals surface area contributed by atoms with Crippen molar-refractivity contribution in [3.05, 3.63) is 349 Å². The Bertz CT molecular complexity index is 6170. The molecule has 0 saturated carbocycles. The number of benzene rings is 10. The molecule has 5 heterocycles. The van der Waals surface area contributed by atoms with E-state index in [9.17, 15) is 57.3 Å². The number of aromatic nitrogens is 3. The van der Waals surface area contributed by atoms with Gasteiger partial charge in [0, 0.05) is 116 Å². The summed E-state index contributed by atoms with van der Waals surface area (Å²) in [7, 11) is 0. The number of para-hydroxylation sites is 3. The van der Waals surface area contributed by atoms with Gasteiger partial charge >= 0.3 is 17.9 Å². The number of esters is 3. The Balaban J connectivity index is 0.000000213. The molecular formula is C115H128F3N6O14Pd-. The molecule has 15 rings (SSSR count). The first kappa shape index (κ1) is 108. The number of carbonyl (C=O) groups excluding carboxylic acids is 6. The Morgan fingerprint density at radius 1 is 0.424 bits per heavy atom. The van der Waals surface area contributed by atoms with E-state index < -0.39 is 65.9 Å². The van der Waals surface area contributed by atoms with Gasteiger partial charge in [0.1, 0.15) is 41.0 Å². The molecule has 10 aromatic carbocycles. The maximum absolute atomic E-state index is 14.5. The maximum Gasteiger partial charge on any atom is 0.308 e. The summed E-state index contributed by atoms with van der Waals surface area (Å²) in [4.78, 5) is 80.1. The van der Waals surface area contributed by atoms with Crippen molar-refractivity contribution in [2.75, 3.05) is 16.0 Å². The van der Waals surface area contributed by atoms with E-state index >= 15 is 0 Å². The predicted octanol–water partition coefficient (Wildman–Crippen LogP) is 25.9. The Morgan fingerprint density at radius 2 is 0.748 bits per heavy atom. The number of aliphatic hydroxyl groups is 3. The van der Waals surface area contributed by atoms with E-state index in [-0.39, 0.29) is 113 Å². The second-order valence-corrected chi connectivity index (χ2v) is 36.9. The molecule has 6 N–H and O–H groups in total.